The molecule has 3 aromatic rings. The van der Waals surface area contributed by atoms with Gasteiger partial charge in [0.05, 0.1) is 5.52 Å². The van der Waals surface area contributed by atoms with E-state index >= 15 is 0 Å². The Hall–Kier alpha value is -2.19. The summed E-state index contributed by atoms with van der Waals surface area (Å²) < 4.78 is 0. The molecule has 1 atom stereocenters. The summed E-state index contributed by atoms with van der Waals surface area (Å²) in [6.07, 6.45) is 4.12. The van der Waals surface area contributed by atoms with E-state index in [9.17, 15) is 0 Å². The van der Waals surface area contributed by atoms with E-state index < -0.39 is 0 Å². The Morgan fingerprint density at radius 3 is 2.55 bits per heavy atom. The van der Waals surface area contributed by atoms with Gasteiger partial charge in [0.15, 0.2) is 0 Å². The predicted molar refractivity (Wildman–Crippen MR) is 93.7 cm³/mol. The van der Waals surface area contributed by atoms with Crippen molar-refractivity contribution < 1.29 is 0 Å². The molecule has 1 aromatic heterocycles. The summed E-state index contributed by atoms with van der Waals surface area (Å²) in [7, 11) is 0. The number of nitrogens with two attached hydrogens (primary N) is 1. The largest absolute Gasteiger partial charge is 0.330 e. The van der Waals surface area contributed by atoms with E-state index in [1.165, 1.54) is 22.1 Å². The number of nitrogens with zero attached hydrogens (tertiary/aromatic N) is 1. The van der Waals surface area contributed by atoms with Crippen LogP contribution in [0.2, 0.25) is 0 Å². The predicted octanol–water partition coefficient (Wildman–Crippen LogP) is 4.43. The quantitative estimate of drug-likeness (QED) is 0.755. The fourth-order valence-corrected chi connectivity index (χ4v) is 2.85. The van der Waals surface area contributed by atoms with Crippen molar-refractivity contribution >= 4 is 10.9 Å². The van der Waals surface area contributed by atoms with Crippen molar-refractivity contribution in [3.63, 3.8) is 0 Å². The molecule has 2 heteroatoms. The fraction of sp³-hybridized carbons (Fsp3) is 0.250. The normalized spacial score (nSPS) is 12.5. The Morgan fingerprint density at radius 2 is 1.77 bits per heavy atom. The average molecular weight is 290 g/mol. The topological polar surface area (TPSA) is 38.9 Å². The molecule has 3 rings (SSSR count). The summed E-state index contributed by atoms with van der Waals surface area (Å²) in [5.74, 6) is 0.637. The lowest BCUT2D eigenvalue weighted by molar-refractivity contribution is 0.538. The minimum absolute atomic E-state index is 0.637. The molecule has 2 aromatic carbocycles. The first kappa shape index (κ1) is 14.7. The van der Waals surface area contributed by atoms with Crippen LogP contribution in [0.3, 0.4) is 0 Å². The summed E-state index contributed by atoms with van der Waals surface area (Å²) in [5, 5.41) is 1.18. The molecule has 2 N–H and O–H groups in total. The molecule has 0 radical (unpaired) electrons. The molecule has 0 fully saturated rings. The van der Waals surface area contributed by atoms with Crippen molar-refractivity contribution in [1.29, 1.82) is 0 Å². The summed E-state index contributed by atoms with van der Waals surface area (Å²) in [6, 6.07) is 19.2. The molecule has 0 spiro atoms. The van der Waals surface area contributed by atoms with Gasteiger partial charge in [-0.2, -0.15) is 0 Å². The maximum Gasteiger partial charge on any atom is 0.0702 e. The number of hydrogen-bond acceptors (Lipinski definition) is 2. The van der Waals surface area contributed by atoms with Gasteiger partial charge in [-0.3, -0.25) is 4.98 Å². The van der Waals surface area contributed by atoms with Crippen LogP contribution in [0.4, 0.5) is 0 Å². The third-order valence-corrected chi connectivity index (χ3v) is 4.12. The molecule has 0 saturated heterocycles. The van der Waals surface area contributed by atoms with Crippen LogP contribution in [0.5, 0.6) is 0 Å². The Balaban J connectivity index is 1.81. The van der Waals surface area contributed by atoms with E-state index in [4.69, 9.17) is 5.73 Å². The second-order valence-electron chi connectivity index (χ2n) is 6.00. The Kier molecular flexibility index (Phi) is 4.50. The van der Waals surface area contributed by atoms with E-state index in [1.807, 2.05) is 18.3 Å². The lowest BCUT2D eigenvalue weighted by Crippen LogP contribution is -2.07. The Labute approximate surface area is 132 Å². The van der Waals surface area contributed by atoms with E-state index in [0.29, 0.717) is 5.92 Å². The highest BCUT2D eigenvalue weighted by Gasteiger charge is 2.04. The molecular formula is C20H22N2. The zero-order chi connectivity index (χ0) is 15.4. The number of rotatable bonds is 5. The van der Waals surface area contributed by atoms with Gasteiger partial charge in [-0.1, -0.05) is 49.4 Å². The van der Waals surface area contributed by atoms with Crippen molar-refractivity contribution in [3.05, 3.63) is 66.4 Å². The number of hydrogen-bond donors (Lipinski definition) is 1. The molecule has 0 aliphatic rings. The highest BCUT2D eigenvalue weighted by molar-refractivity contribution is 5.83. The van der Waals surface area contributed by atoms with Crippen molar-refractivity contribution in [2.75, 3.05) is 6.54 Å². The van der Waals surface area contributed by atoms with Crippen LogP contribution < -0.4 is 5.73 Å². The van der Waals surface area contributed by atoms with Gasteiger partial charge in [0.25, 0.3) is 0 Å². The molecule has 112 valence electrons. The second-order valence-corrected chi connectivity index (χ2v) is 6.00. The SMILES string of the molecule is CC(CCN)Cc1ccc(-c2cnc3ccccc3c2)cc1. The molecule has 0 bridgehead atoms. The van der Waals surface area contributed by atoms with Gasteiger partial charge in [0.2, 0.25) is 0 Å². The molecule has 0 aliphatic heterocycles. The van der Waals surface area contributed by atoms with Crippen molar-refractivity contribution in [2.24, 2.45) is 11.7 Å². The summed E-state index contributed by atoms with van der Waals surface area (Å²) in [6.45, 7) is 3.02. The molecule has 0 amide bonds. The number of fused-ring (bicyclic) bond motifs is 1. The zero-order valence-corrected chi connectivity index (χ0v) is 13.0. The minimum Gasteiger partial charge on any atom is -0.330 e. The van der Waals surface area contributed by atoms with E-state index in [-0.39, 0.29) is 0 Å². The fourth-order valence-electron chi connectivity index (χ4n) is 2.85. The third-order valence-electron chi connectivity index (χ3n) is 4.12. The van der Waals surface area contributed by atoms with E-state index in [0.717, 1.165) is 24.9 Å². The van der Waals surface area contributed by atoms with E-state index in [2.05, 4.69) is 54.4 Å². The second kappa shape index (κ2) is 6.71. The minimum atomic E-state index is 0.637. The molecule has 0 aliphatic carbocycles. The molecular weight excluding hydrogens is 268 g/mol. The van der Waals surface area contributed by atoms with Crippen LogP contribution >= 0.6 is 0 Å². The van der Waals surface area contributed by atoms with Crippen LogP contribution in [-0.4, -0.2) is 11.5 Å². The smallest absolute Gasteiger partial charge is 0.0702 e. The lowest BCUT2D eigenvalue weighted by Gasteiger charge is -2.10. The first-order chi connectivity index (χ1) is 10.8. The van der Waals surface area contributed by atoms with Gasteiger partial charge < -0.3 is 5.73 Å². The highest BCUT2D eigenvalue weighted by Crippen LogP contribution is 2.23. The molecule has 22 heavy (non-hydrogen) atoms. The number of para-hydroxylation sites is 1. The standard InChI is InChI=1S/C20H22N2/c1-15(10-11-21)12-16-6-8-17(9-7-16)19-13-18-4-2-3-5-20(18)22-14-19/h2-9,13-15H,10-12,21H2,1H3. The van der Waals surface area contributed by atoms with Crippen molar-refractivity contribution in [3.8, 4) is 11.1 Å². The van der Waals surface area contributed by atoms with Gasteiger partial charge in [0.1, 0.15) is 0 Å². The highest BCUT2D eigenvalue weighted by atomic mass is 14.6. The molecule has 0 saturated carbocycles. The number of benzene rings is 2. The first-order valence-corrected chi connectivity index (χ1v) is 7.90. The molecule has 2 nitrogen and oxygen atoms in total. The maximum atomic E-state index is 5.62. The van der Waals surface area contributed by atoms with Gasteiger partial charge in [-0.25, -0.2) is 0 Å². The van der Waals surface area contributed by atoms with Crippen LogP contribution in [0, 0.1) is 5.92 Å². The maximum absolute atomic E-state index is 5.62. The third kappa shape index (κ3) is 3.34. The number of pyridine rings is 1. The van der Waals surface area contributed by atoms with Gasteiger partial charge >= 0.3 is 0 Å². The Bertz CT molecular complexity index is 747. The van der Waals surface area contributed by atoms with Crippen molar-refractivity contribution in [1.82, 2.24) is 4.98 Å². The summed E-state index contributed by atoms with van der Waals surface area (Å²) >= 11 is 0. The van der Waals surface area contributed by atoms with Crippen molar-refractivity contribution in [2.45, 2.75) is 19.8 Å². The van der Waals surface area contributed by atoms with Crippen LogP contribution in [-0.2, 0) is 6.42 Å². The summed E-state index contributed by atoms with van der Waals surface area (Å²) in [5.41, 5.74) is 10.4. The van der Waals surface area contributed by atoms with Gasteiger partial charge in [0, 0.05) is 17.1 Å². The molecule has 1 unspecified atom stereocenters. The lowest BCUT2D eigenvalue weighted by atomic mass is 9.96. The van der Waals surface area contributed by atoms with E-state index in [1.54, 1.807) is 0 Å². The first-order valence-electron chi connectivity index (χ1n) is 7.90. The van der Waals surface area contributed by atoms with Crippen LogP contribution in [0.1, 0.15) is 18.9 Å². The van der Waals surface area contributed by atoms with Gasteiger partial charge in [-0.05, 0) is 48.6 Å². The Morgan fingerprint density at radius 1 is 1.00 bits per heavy atom. The summed E-state index contributed by atoms with van der Waals surface area (Å²) in [4.78, 5) is 4.54. The van der Waals surface area contributed by atoms with Gasteiger partial charge in [-0.15, -0.1) is 0 Å². The van der Waals surface area contributed by atoms with Crippen LogP contribution in [0.15, 0.2) is 60.8 Å². The monoisotopic (exact) mass is 290 g/mol. The average Bonchev–Trinajstić information content (AvgIpc) is 2.55. The molecule has 1 heterocycles. The zero-order valence-electron chi connectivity index (χ0n) is 13.0. The van der Waals surface area contributed by atoms with Crippen LogP contribution in [0.25, 0.3) is 22.0 Å². The number of aromatic nitrogens is 1.